The second kappa shape index (κ2) is 6.00. The van der Waals surface area contributed by atoms with E-state index in [-0.39, 0.29) is 18.6 Å². The van der Waals surface area contributed by atoms with Gasteiger partial charge in [0.2, 0.25) is 5.91 Å². The number of aromatic nitrogens is 2. The second-order valence-corrected chi connectivity index (χ2v) is 7.33. The molecule has 7 heteroatoms. The molecule has 1 amide bonds. The van der Waals surface area contributed by atoms with Crippen molar-refractivity contribution in [3.05, 3.63) is 67.2 Å². The third kappa shape index (κ3) is 2.60. The number of fused-ring (bicyclic) bond motifs is 3. The largest absolute Gasteiger partial charge is 0.368 e. The summed E-state index contributed by atoms with van der Waals surface area (Å²) >= 11 is 1.44. The molecule has 0 bridgehead atoms. The molecule has 2 N–H and O–H groups in total. The lowest BCUT2D eigenvalue weighted by atomic mass is 10.2. The molecule has 0 radical (unpaired) electrons. The molecular weight excluding hydrogens is 338 g/mol. The average molecular weight is 355 g/mol. The van der Waals surface area contributed by atoms with Gasteiger partial charge >= 0.3 is 5.69 Å². The zero-order valence-corrected chi connectivity index (χ0v) is 14.3. The fourth-order valence-corrected chi connectivity index (χ4v) is 4.83. The van der Waals surface area contributed by atoms with E-state index in [1.54, 1.807) is 0 Å². The Morgan fingerprint density at radius 1 is 1.12 bits per heavy atom. The van der Waals surface area contributed by atoms with E-state index in [2.05, 4.69) is 0 Å². The van der Waals surface area contributed by atoms with Gasteiger partial charge in [-0.15, -0.1) is 11.3 Å². The van der Waals surface area contributed by atoms with E-state index < -0.39 is 11.6 Å². The van der Waals surface area contributed by atoms with Gasteiger partial charge in [-0.3, -0.25) is 18.7 Å². The average Bonchev–Trinajstić information content (AvgIpc) is 3.17. The number of carbonyl (C=O) groups excluding carboxylic acids is 1. The van der Waals surface area contributed by atoms with E-state index in [4.69, 9.17) is 5.73 Å². The molecule has 1 aliphatic carbocycles. The molecule has 0 saturated heterocycles. The third-order valence-electron chi connectivity index (χ3n) is 4.57. The summed E-state index contributed by atoms with van der Waals surface area (Å²) in [6.07, 6.45) is 2.77. The van der Waals surface area contributed by atoms with Crippen LogP contribution in [0.3, 0.4) is 0 Å². The lowest BCUT2D eigenvalue weighted by Gasteiger charge is -2.11. The molecule has 1 aliphatic rings. The summed E-state index contributed by atoms with van der Waals surface area (Å²) in [6.45, 7) is -0.0401. The van der Waals surface area contributed by atoms with Crippen LogP contribution in [0.5, 0.6) is 0 Å². The minimum atomic E-state index is -0.595. The summed E-state index contributed by atoms with van der Waals surface area (Å²) in [5.74, 6) is -0.595. The molecule has 3 aromatic rings. The van der Waals surface area contributed by atoms with Gasteiger partial charge < -0.3 is 5.73 Å². The van der Waals surface area contributed by atoms with Gasteiger partial charge in [-0.05, 0) is 30.4 Å². The van der Waals surface area contributed by atoms with Crippen molar-refractivity contribution in [3.63, 3.8) is 0 Å². The van der Waals surface area contributed by atoms with Crippen LogP contribution in [0.2, 0.25) is 0 Å². The molecule has 4 rings (SSSR count). The van der Waals surface area contributed by atoms with Crippen LogP contribution in [0, 0.1) is 0 Å². The fourth-order valence-electron chi connectivity index (χ4n) is 3.46. The quantitative estimate of drug-likeness (QED) is 0.764. The highest BCUT2D eigenvalue weighted by Gasteiger charge is 2.25. The van der Waals surface area contributed by atoms with Gasteiger partial charge in [0.05, 0.1) is 11.9 Å². The Balaban J connectivity index is 2.00. The standard InChI is InChI=1S/C18H17N3O3S/c19-14(22)10-21-17-15(12-7-4-8-13(12)25-17)16(23)20(18(21)24)9-11-5-2-1-3-6-11/h1-3,5-6H,4,7-10H2,(H2,19,22). The molecule has 0 saturated carbocycles. The lowest BCUT2D eigenvalue weighted by Crippen LogP contribution is -2.41. The Morgan fingerprint density at radius 2 is 1.88 bits per heavy atom. The van der Waals surface area contributed by atoms with Crippen LogP contribution in [0.15, 0.2) is 39.9 Å². The first-order valence-electron chi connectivity index (χ1n) is 8.16. The highest BCUT2D eigenvalue weighted by Crippen LogP contribution is 2.35. The Bertz CT molecular complexity index is 1090. The van der Waals surface area contributed by atoms with Crippen LogP contribution in [0.25, 0.3) is 10.2 Å². The van der Waals surface area contributed by atoms with Crippen molar-refractivity contribution in [2.75, 3.05) is 0 Å². The van der Waals surface area contributed by atoms with Crippen molar-refractivity contribution in [3.8, 4) is 0 Å². The van der Waals surface area contributed by atoms with E-state index in [1.165, 1.54) is 20.5 Å². The zero-order valence-electron chi connectivity index (χ0n) is 13.5. The first-order valence-corrected chi connectivity index (χ1v) is 8.98. The smallest absolute Gasteiger partial charge is 0.332 e. The number of hydrogen-bond donors (Lipinski definition) is 1. The summed E-state index contributed by atoms with van der Waals surface area (Å²) in [4.78, 5) is 39.1. The first-order chi connectivity index (χ1) is 12.1. The topological polar surface area (TPSA) is 87.1 Å². The van der Waals surface area contributed by atoms with Gasteiger partial charge in [0.25, 0.3) is 5.56 Å². The molecule has 2 aromatic heterocycles. The SMILES string of the molecule is NC(=O)Cn1c(=O)n(Cc2ccccc2)c(=O)c2c3c(sc21)CCC3. The molecular formula is C18H17N3O3S. The number of carbonyl (C=O) groups is 1. The van der Waals surface area contributed by atoms with Crippen LogP contribution in [-0.4, -0.2) is 15.0 Å². The monoisotopic (exact) mass is 355 g/mol. The summed E-state index contributed by atoms with van der Waals surface area (Å²) in [5.41, 5.74) is 6.47. The van der Waals surface area contributed by atoms with Crippen LogP contribution < -0.4 is 17.0 Å². The van der Waals surface area contributed by atoms with Crippen molar-refractivity contribution in [1.82, 2.24) is 9.13 Å². The van der Waals surface area contributed by atoms with E-state index in [9.17, 15) is 14.4 Å². The van der Waals surface area contributed by atoms with Gasteiger partial charge in [0.15, 0.2) is 0 Å². The van der Waals surface area contributed by atoms with Crippen LogP contribution >= 0.6 is 11.3 Å². The van der Waals surface area contributed by atoms with Crippen LogP contribution in [0.4, 0.5) is 0 Å². The van der Waals surface area contributed by atoms with E-state index in [0.717, 1.165) is 35.3 Å². The predicted molar refractivity (Wildman–Crippen MR) is 97.1 cm³/mol. The summed E-state index contributed by atoms with van der Waals surface area (Å²) in [5, 5.41) is 0.578. The van der Waals surface area contributed by atoms with Gasteiger partial charge in [-0.1, -0.05) is 30.3 Å². The van der Waals surface area contributed by atoms with Crippen molar-refractivity contribution in [2.24, 2.45) is 5.73 Å². The summed E-state index contributed by atoms with van der Waals surface area (Å²) in [6, 6.07) is 9.35. The van der Waals surface area contributed by atoms with Gasteiger partial charge in [0.1, 0.15) is 11.4 Å². The van der Waals surface area contributed by atoms with Crippen molar-refractivity contribution in [1.29, 1.82) is 0 Å². The second-order valence-electron chi connectivity index (χ2n) is 6.25. The highest BCUT2D eigenvalue weighted by molar-refractivity contribution is 7.19. The molecule has 2 heterocycles. The zero-order chi connectivity index (χ0) is 17.6. The number of nitrogens with zero attached hydrogens (tertiary/aromatic N) is 2. The molecule has 128 valence electrons. The van der Waals surface area contributed by atoms with Crippen molar-refractivity contribution < 1.29 is 4.79 Å². The Hall–Kier alpha value is -2.67. The molecule has 1 aromatic carbocycles. The molecule has 0 fully saturated rings. The van der Waals surface area contributed by atoms with Gasteiger partial charge in [-0.25, -0.2) is 4.79 Å². The molecule has 0 unspecified atom stereocenters. The maximum atomic E-state index is 13.1. The van der Waals surface area contributed by atoms with E-state index in [1.807, 2.05) is 30.3 Å². The molecule has 0 aliphatic heterocycles. The van der Waals surface area contributed by atoms with Crippen LogP contribution in [0.1, 0.15) is 22.4 Å². The third-order valence-corrected chi connectivity index (χ3v) is 5.88. The lowest BCUT2D eigenvalue weighted by molar-refractivity contribution is -0.118. The number of primary amides is 1. The molecule has 0 spiro atoms. The van der Waals surface area contributed by atoms with Crippen LogP contribution in [-0.2, 0) is 30.7 Å². The van der Waals surface area contributed by atoms with Crippen molar-refractivity contribution >= 4 is 27.5 Å². The van der Waals surface area contributed by atoms with E-state index in [0.29, 0.717) is 10.2 Å². The molecule has 6 nitrogen and oxygen atoms in total. The Labute approximate surface area is 147 Å². The van der Waals surface area contributed by atoms with Gasteiger partial charge in [0, 0.05) is 4.88 Å². The summed E-state index contributed by atoms with van der Waals surface area (Å²) < 4.78 is 2.57. The fraction of sp³-hybridized carbons (Fsp3) is 0.278. The number of benzene rings is 1. The van der Waals surface area contributed by atoms with Gasteiger partial charge in [-0.2, -0.15) is 0 Å². The number of rotatable bonds is 4. The summed E-state index contributed by atoms with van der Waals surface area (Å²) in [7, 11) is 0. The normalized spacial score (nSPS) is 13.3. The maximum absolute atomic E-state index is 13.1. The number of nitrogens with two attached hydrogens (primary N) is 1. The minimum Gasteiger partial charge on any atom is -0.368 e. The number of hydrogen-bond acceptors (Lipinski definition) is 4. The minimum absolute atomic E-state index is 0.178. The Morgan fingerprint density at radius 3 is 2.60 bits per heavy atom. The van der Waals surface area contributed by atoms with E-state index >= 15 is 0 Å². The van der Waals surface area contributed by atoms with Crippen molar-refractivity contribution in [2.45, 2.75) is 32.4 Å². The molecule has 25 heavy (non-hydrogen) atoms. The number of aryl methyl sites for hydroxylation is 2. The maximum Gasteiger partial charge on any atom is 0.332 e. The number of thiophene rings is 1. The Kier molecular flexibility index (Phi) is 3.80. The number of amides is 1. The molecule has 0 atom stereocenters. The first kappa shape index (κ1) is 15.8. The highest BCUT2D eigenvalue weighted by atomic mass is 32.1. The predicted octanol–water partition coefficient (Wildman–Crippen LogP) is 1.25.